The number of hydrogen-bond donors (Lipinski definition) is 1. The second-order valence-electron chi connectivity index (χ2n) is 10.1. The predicted octanol–water partition coefficient (Wildman–Crippen LogP) is 3.69. The van der Waals surface area contributed by atoms with Gasteiger partial charge in [0.15, 0.2) is 5.75 Å². The van der Waals surface area contributed by atoms with Crippen LogP contribution in [0.15, 0.2) is 47.5 Å². The smallest absolute Gasteiger partial charge is 0.404 e. The van der Waals surface area contributed by atoms with Crippen LogP contribution in [0.5, 0.6) is 5.75 Å². The number of nitrogens with zero attached hydrogens (tertiary/aromatic N) is 4. The summed E-state index contributed by atoms with van der Waals surface area (Å²) in [6.45, 7) is 4.02. The number of hydrogen-bond acceptors (Lipinski definition) is 7. The van der Waals surface area contributed by atoms with E-state index in [1.165, 1.54) is 23.0 Å². The number of alkyl halides is 3. The molecule has 0 radical (unpaired) electrons. The Balaban J connectivity index is 1.33. The fourth-order valence-corrected chi connectivity index (χ4v) is 5.48. The van der Waals surface area contributed by atoms with Gasteiger partial charge in [-0.05, 0) is 62.1 Å². The van der Waals surface area contributed by atoms with Crippen LogP contribution < -0.4 is 20.5 Å². The van der Waals surface area contributed by atoms with E-state index in [9.17, 15) is 22.8 Å². The molecular weight excluding hydrogens is 515 g/mol. The lowest BCUT2D eigenvalue weighted by atomic mass is 10.1. The second-order valence-corrected chi connectivity index (χ2v) is 10.1. The van der Waals surface area contributed by atoms with E-state index in [2.05, 4.69) is 19.9 Å². The zero-order valence-corrected chi connectivity index (χ0v) is 21.2. The van der Waals surface area contributed by atoms with E-state index in [4.69, 9.17) is 4.74 Å². The van der Waals surface area contributed by atoms with Gasteiger partial charge >= 0.3 is 6.36 Å². The first-order chi connectivity index (χ1) is 18.7. The van der Waals surface area contributed by atoms with Crippen molar-refractivity contribution in [2.75, 3.05) is 49.6 Å². The van der Waals surface area contributed by atoms with Crippen LogP contribution in [0.4, 0.5) is 24.5 Å². The molecule has 3 aliphatic rings. The molecule has 1 aromatic heterocycles. The molecule has 39 heavy (non-hydrogen) atoms. The summed E-state index contributed by atoms with van der Waals surface area (Å²) in [5.74, 6) is -0.971. The molecule has 12 heteroatoms. The lowest BCUT2D eigenvalue weighted by Gasteiger charge is -2.34. The van der Waals surface area contributed by atoms with Gasteiger partial charge in [-0.3, -0.25) is 19.1 Å². The number of halogens is 3. The van der Waals surface area contributed by atoms with Gasteiger partial charge in [-0.2, -0.15) is 0 Å². The topological polar surface area (TPSA) is 88.9 Å². The highest BCUT2D eigenvalue weighted by molar-refractivity contribution is 6.01. The van der Waals surface area contributed by atoms with Crippen LogP contribution in [0, 0.1) is 0 Å². The van der Waals surface area contributed by atoms with E-state index in [-0.39, 0.29) is 16.9 Å². The summed E-state index contributed by atoms with van der Waals surface area (Å²) in [6, 6.07) is 9.21. The van der Waals surface area contributed by atoms with E-state index in [0.717, 1.165) is 37.7 Å². The Morgan fingerprint density at radius 2 is 1.72 bits per heavy atom. The molecule has 2 saturated heterocycles. The number of rotatable bonds is 6. The molecular formula is C27H28F3N5O4. The standard InChI is InChI=1S/C27H28F3N5O4/c28-27(29,30)39-23-6-4-19(16-22(23)32-25(37)26(7-8-26)34-11-13-38-14-12-34)35-17-31-21-15-18(33-9-1-2-10-33)3-5-20(21)24(35)36/h3-6,15-17H,1-2,7-14H2,(H,32,37). The number of fused-ring (bicyclic) bond motifs is 1. The molecule has 0 unspecified atom stereocenters. The van der Waals surface area contributed by atoms with Gasteiger partial charge in [0, 0.05) is 31.9 Å². The number of amides is 1. The Bertz CT molecular complexity index is 1460. The molecule has 0 bridgehead atoms. The lowest BCUT2D eigenvalue weighted by molar-refractivity contribution is -0.274. The summed E-state index contributed by atoms with van der Waals surface area (Å²) in [6.07, 6.45) is -0.180. The van der Waals surface area contributed by atoms with Gasteiger partial charge in [-0.1, -0.05) is 0 Å². The number of morpholine rings is 1. The molecule has 9 nitrogen and oxygen atoms in total. The van der Waals surface area contributed by atoms with Crippen molar-refractivity contribution in [3.8, 4) is 11.4 Å². The van der Waals surface area contributed by atoms with E-state index in [1.54, 1.807) is 6.07 Å². The number of carbonyl (C=O) groups excluding carboxylic acids is 1. The number of aromatic nitrogens is 2. The van der Waals surface area contributed by atoms with Gasteiger partial charge in [0.25, 0.3) is 5.56 Å². The Hall–Kier alpha value is -3.64. The van der Waals surface area contributed by atoms with Gasteiger partial charge in [-0.15, -0.1) is 13.2 Å². The quantitative estimate of drug-likeness (QED) is 0.508. The largest absolute Gasteiger partial charge is 0.573 e. The normalized spacial score (nSPS) is 19.3. The van der Waals surface area contributed by atoms with Crippen molar-refractivity contribution in [3.63, 3.8) is 0 Å². The third-order valence-corrected chi connectivity index (χ3v) is 7.69. The maximum Gasteiger partial charge on any atom is 0.573 e. The minimum Gasteiger partial charge on any atom is -0.404 e. The number of carbonyl (C=O) groups is 1. The van der Waals surface area contributed by atoms with Crippen LogP contribution in [0.3, 0.4) is 0 Å². The average Bonchev–Trinajstić information content (AvgIpc) is 3.56. The maximum absolute atomic E-state index is 13.4. The van der Waals surface area contributed by atoms with E-state index in [1.807, 2.05) is 17.0 Å². The number of anilines is 2. The summed E-state index contributed by atoms with van der Waals surface area (Å²) < 4.78 is 50.4. The van der Waals surface area contributed by atoms with Crippen LogP contribution in [0.2, 0.25) is 0 Å². The van der Waals surface area contributed by atoms with E-state index >= 15 is 0 Å². The van der Waals surface area contributed by atoms with Crippen molar-refractivity contribution >= 4 is 28.2 Å². The summed E-state index contributed by atoms with van der Waals surface area (Å²) >= 11 is 0. The molecule has 1 N–H and O–H groups in total. The van der Waals surface area contributed by atoms with Crippen LogP contribution in [-0.4, -0.2) is 71.7 Å². The van der Waals surface area contributed by atoms with Gasteiger partial charge < -0.3 is 19.7 Å². The molecule has 1 aliphatic carbocycles. The van der Waals surface area contributed by atoms with Crippen molar-refractivity contribution in [3.05, 3.63) is 53.1 Å². The maximum atomic E-state index is 13.4. The van der Waals surface area contributed by atoms with Crippen molar-refractivity contribution in [1.29, 1.82) is 0 Å². The molecule has 6 rings (SSSR count). The Kier molecular flexibility index (Phi) is 6.46. The lowest BCUT2D eigenvalue weighted by Crippen LogP contribution is -2.51. The van der Waals surface area contributed by atoms with Gasteiger partial charge in [0.05, 0.1) is 35.5 Å². The Morgan fingerprint density at radius 3 is 2.41 bits per heavy atom. The first-order valence-electron chi connectivity index (χ1n) is 13.0. The monoisotopic (exact) mass is 543 g/mol. The highest BCUT2D eigenvalue weighted by atomic mass is 19.4. The van der Waals surface area contributed by atoms with Gasteiger partial charge in [-0.25, -0.2) is 4.98 Å². The SMILES string of the molecule is O=C(Nc1cc(-n2cnc3cc(N4CCCC4)ccc3c2=O)ccc1OC(F)(F)F)C1(N2CCOCC2)CC1. The van der Waals surface area contributed by atoms with Crippen molar-refractivity contribution < 1.29 is 27.4 Å². The predicted molar refractivity (Wildman–Crippen MR) is 138 cm³/mol. The first kappa shape index (κ1) is 25.6. The fraction of sp³-hybridized carbons (Fsp3) is 0.444. The van der Waals surface area contributed by atoms with E-state index < -0.39 is 23.6 Å². The van der Waals surface area contributed by atoms with Crippen molar-refractivity contribution in [1.82, 2.24) is 14.5 Å². The molecule has 0 atom stereocenters. The third-order valence-electron chi connectivity index (χ3n) is 7.69. The minimum absolute atomic E-state index is 0.175. The van der Waals surface area contributed by atoms with E-state index in [0.29, 0.717) is 50.0 Å². The number of ether oxygens (including phenoxy) is 2. The number of nitrogens with one attached hydrogen (secondary N) is 1. The van der Waals surface area contributed by atoms with Crippen molar-refractivity contribution in [2.45, 2.75) is 37.6 Å². The molecule has 1 amide bonds. The van der Waals surface area contributed by atoms with Gasteiger partial charge in [0.2, 0.25) is 5.91 Å². The fourth-order valence-electron chi connectivity index (χ4n) is 5.48. The zero-order valence-electron chi connectivity index (χ0n) is 21.2. The Morgan fingerprint density at radius 1 is 1.00 bits per heavy atom. The van der Waals surface area contributed by atoms with Crippen LogP contribution >= 0.6 is 0 Å². The van der Waals surface area contributed by atoms with Crippen LogP contribution in [0.1, 0.15) is 25.7 Å². The second kappa shape index (κ2) is 9.83. The molecule has 1 saturated carbocycles. The average molecular weight is 544 g/mol. The molecule has 3 fully saturated rings. The van der Waals surface area contributed by atoms with Crippen LogP contribution in [-0.2, 0) is 9.53 Å². The summed E-state index contributed by atoms with van der Waals surface area (Å²) in [5, 5.41) is 3.03. The molecule has 0 spiro atoms. The molecule has 206 valence electrons. The van der Waals surface area contributed by atoms with Crippen molar-refractivity contribution in [2.24, 2.45) is 0 Å². The Labute approximate surface area is 222 Å². The first-order valence-corrected chi connectivity index (χ1v) is 13.0. The summed E-state index contributed by atoms with van der Waals surface area (Å²) in [7, 11) is 0. The highest BCUT2D eigenvalue weighted by Crippen LogP contribution is 2.44. The molecule has 3 aromatic rings. The third kappa shape index (κ3) is 5.06. The summed E-state index contributed by atoms with van der Waals surface area (Å²) in [5.41, 5.74) is 0.445. The molecule has 2 aromatic carbocycles. The highest BCUT2D eigenvalue weighted by Gasteiger charge is 2.54. The van der Waals surface area contributed by atoms with Gasteiger partial charge in [0.1, 0.15) is 11.9 Å². The molecule has 3 heterocycles. The molecule has 2 aliphatic heterocycles. The number of benzene rings is 2. The summed E-state index contributed by atoms with van der Waals surface area (Å²) in [4.78, 5) is 35.4. The zero-order chi connectivity index (χ0) is 27.2. The van der Waals surface area contributed by atoms with Crippen LogP contribution in [0.25, 0.3) is 16.6 Å². The minimum atomic E-state index is -4.96.